The van der Waals surface area contributed by atoms with E-state index in [1.165, 1.54) is 0 Å². The predicted molar refractivity (Wildman–Crippen MR) is 81.8 cm³/mol. The lowest BCUT2D eigenvalue weighted by atomic mass is 10.2. The van der Waals surface area contributed by atoms with Gasteiger partial charge >= 0.3 is 0 Å². The van der Waals surface area contributed by atoms with Gasteiger partial charge < -0.3 is 16.4 Å². The molecule has 1 aromatic rings. The maximum absolute atomic E-state index is 11.5. The monoisotopic (exact) mass is 329 g/mol. The molecule has 0 bridgehead atoms. The predicted octanol–water partition coefficient (Wildman–Crippen LogP) is 2.02. The van der Waals surface area contributed by atoms with Gasteiger partial charge in [0.1, 0.15) is 4.99 Å². The Morgan fingerprint density at radius 2 is 2.17 bits per heavy atom. The summed E-state index contributed by atoms with van der Waals surface area (Å²) >= 11 is 8.38. The normalized spacial score (nSPS) is 10.2. The Kier molecular flexibility index (Phi) is 5.55. The summed E-state index contributed by atoms with van der Waals surface area (Å²) in [5, 5.41) is 5.83. The van der Waals surface area contributed by atoms with Crippen molar-refractivity contribution in [2.75, 3.05) is 11.9 Å². The molecule has 6 heteroatoms. The van der Waals surface area contributed by atoms with Crippen LogP contribution >= 0.6 is 28.1 Å². The zero-order valence-electron chi connectivity index (χ0n) is 10.3. The second-order valence-electron chi connectivity index (χ2n) is 4.10. The highest BCUT2D eigenvalue weighted by atomic mass is 79.9. The van der Waals surface area contributed by atoms with E-state index in [0.717, 1.165) is 10.2 Å². The van der Waals surface area contributed by atoms with Crippen molar-refractivity contribution in [2.45, 2.75) is 19.9 Å². The van der Waals surface area contributed by atoms with Gasteiger partial charge in [0.25, 0.3) is 0 Å². The van der Waals surface area contributed by atoms with Gasteiger partial charge in [-0.1, -0.05) is 18.3 Å². The first-order valence-corrected chi connectivity index (χ1v) is 6.73. The van der Waals surface area contributed by atoms with Crippen LogP contribution < -0.4 is 16.4 Å². The molecule has 0 saturated heterocycles. The fourth-order valence-electron chi connectivity index (χ4n) is 1.47. The Morgan fingerprint density at radius 1 is 1.50 bits per heavy atom. The Labute approximate surface area is 120 Å². The molecule has 4 nitrogen and oxygen atoms in total. The number of nitrogens with one attached hydrogen (secondary N) is 2. The van der Waals surface area contributed by atoms with Crippen LogP contribution in [0, 0.1) is 0 Å². The van der Waals surface area contributed by atoms with Crippen LogP contribution in [0.15, 0.2) is 22.7 Å². The van der Waals surface area contributed by atoms with Gasteiger partial charge in [-0.3, -0.25) is 4.79 Å². The molecule has 1 rings (SSSR count). The summed E-state index contributed by atoms with van der Waals surface area (Å²) in [5.74, 6) is -0.0705. The molecule has 0 atom stereocenters. The average molecular weight is 330 g/mol. The molecule has 0 aliphatic heterocycles. The summed E-state index contributed by atoms with van der Waals surface area (Å²) in [5.41, 5.74) is 7.12. The number of benzene rings is 1. The molecule has 18 heavy (non-hydrogen) atoms. The number of nitrogens with two attached hydrogens (primary N) is 1. The quantitative estimate of drug-likeness (QED) is 0.723. The SMILES string of the molecule is CC(C)NC(=O)CNc1cccc(Br)c1C(N)=S. The Balaban J connectivity index is 2.76. The van der Waals surface area contributed by atoms with Crippen LogP contribution in [0.5, 0.6) is 0 Å². The van der Waals surface area contributed by atoms with Gasteiger partial charge in [0.05, 0.1) is 6.54 Å². The van der Waals surface area contributed by atoms with E-state index in [0.29, 0.717) is 5.56 Å². The van der Waals surface area contributed by atoms with Crippen molar-refractivity contribution in [3.05, 3.63) is 28.2 Å². The number of hydrogen-bond acceptors (Lipinski definition) is 3. The van der Waals surface area contributed by atoms with Gasteiger partial charge in [0, 0.05) is 21.8 Å². The van der Waals surface area contributed by atoms with E-state index in [9.17, 15) is 4.79 Å². The summed E-state index contributed by atoms with van der Waals surface area (Å²) in [4.78, 5) is 11.8. The summed E-state index contributed by atoms with van der Waals surface area (Å²) in [6.07, 6.45) is 0. The molecule has 0 fully saturated rings. The third kappa shape index (κ3) is 4.27. The molecule has 4 N–H and O–H groups in total. The van der Waals surface area contributed by atoms with E-state index < -0.39 is 0 Å². The molecule has 0 aliphatic carbocycles. The molecule has 0 aliphatic rings. The molecular weight excluding hydrogens is 314 g/mol. The Morgan fingerprint density at radius 3 is 2.72 bits per heavy atom. The lowest BCUT2D eigenvalue weighted by Gasteiger charge is -2.13. The van der Waals surface area contributed by atoms with E-state index in [1.54, 1.807) is 0 Å². The highest BCUT2D eigenvalue weighted by Crippen LogP contribution is 2.24. The van der Waals surface area contributed by atoms with Gasteiger partial charge in [-0.2, -0.15) is 0 Å². The van der Waals surface area contributed by atoms with Gasteiger partial charge in [0.2, 0.25) is 5.91 Å². The van der Waals surface area contributed by atoms with Crippen molar-refractivity contribution in [1.29, 1.82) is 0 Å². The smallest absolute Gasteiger partial charge is 0.239 e. The van der Waals surface area contributed by atoms with Gasteiger partial charge in [-0.05, 0) is 41.9 Å². The van der Waals surface area contributed by atoms with Crippen LogP contribution in [0.25, 0.3) is 0 Å². The first-order valence-electron chi connectivity index (χ1n) is 5.53. The second kappa shape index (κ2) is 6.70. The van der Waals surface area contributed by atoms with E-state index in [-0.39, 0.29) is 23.5 Å². The molecule has 1 amide bonds. The molecule has 0 unspecified atom stereocenters. The maximum atomic E-state index is 11.5. The number of hydrogen-bond donors (Lipinski definition) is 3. The Hall–Kier alpha value is -1.14. The van der Waals surface area contributed by atoms with E-state index in [2.05, 4.69) is 26.6 Å². The topological polar surface area (TPSA) is 67.2 Å². The van der Waals surface area contributed by atoms with Crippen LogP contribution in [-0.4, -0.2) is 23.5 Å². The molecular formula is C12H16BrN3OS. The second-order valence-corrected chi connectivity index (χ2v) is 5.40. The molecule has 0 heterocycles. The molecule has 0 spiro atoms. The lowest BCUT2D eigenvalue weighted by molar-refractivity contribution is -0.119. The molecule has 1 aromatic carbocycles. The summed E-state index contributed by atoms with van der Waals surface area (Å²) in [6, 6.07) is 5.67. The minimum atomic E-state index is -0.0705. The van der Waals surface area contributed by atoms with Crippen LogP contribution in [-0.2, 0) is 4.79 Å². The zero-order chi connectivity index (χ0) is 13.7. The van der Waals surface area contributed by atoms with Crippen molar-refractivity contribution >= 4 is 44.7 Å². The standard InChI is InChI=1S/C12H16BrN3OS/c1-7(2)16-10(17)6-15-9-5-3-4-8(13)11(9)12(14)18/h3-5,7,15H,6H2,1-2H3,(H2,14,18)(H,16,17). The average Bonchev–Trinajstić information content (AvgIpc) is 2.24. The highest BCUT2D eigenvalue weighted by molar-refractivity contribution is 9.10. The number of carbonyl (C=O) groups excluding carboxylic acids is 1. The van der Waals surface area contributed by atoms with Crippen molar-refractivity contribution in [3.8, 4) is 0 Å². The molecule has 0 saturated carbocycles. The highest BCUT2D eigenvalue weighted by Gasteiger charge is 2.10. The summed E-state index contributed by atoms with van der Waals surface area (Å²) in [7, 11) is 0. The maximum Gasteiger partial charge on any atom is 0.239 e. The number of thiocarbonyl (C=S) groups is 1. The van der Waals surface area contributed by atoms with E-state index in [1.807, 2.05) is 32.0 Å². The zero-order valence-corrected chi connectivity index (χ0v) is 12.7. The van der Waals surface area contributed by atoms with Crippen molar-refractivity contribution < 1.29 is 4.79 Å². The molecule has 0 aromatic heterocycles. The van der Waals surface area contributed by atoms with Gasteiger partial charge in [-0.15, -0.1) is 0 Å². The summed E-state index contributed by atoms with van der Waals surface area (Å²) < 4.78 is 0.810. The Bertz CT molecular complexity index is 463. The lowest BCUT2D eigenvalue weighted by Crippen LogP contribution is -2.35. The van der Waals surface area contributed by atoms with Crippen molar-refractivity contribution in [3.63, 3.8) is 0 Å². The number of carbonyl (C=O) groups is 1. The van der Waals surface area contributed by atoms with Gasteiger partial charge in [-0.25, -0.2) is 0 Å². The van der Waals surface area contributed by atoms with Crippen molar-refractivity contribution in [2.24, 2.45) is 5.73 Å². The van der Waals surface area contributed by atoms with E-state index in [4.69, 9.17) is 18.0 Å². The summed E-state index contributed by atoms with van der Waals surface area (Å²) in [6.45, 7) is 4.01. The third-order valence-electron chi connectivity index (χ3n) is 2.15. The number of anilines is 1. The fraction of sp³-hybridized carbons (Fsp3) is 0.333. The minimum absolute atomic E-state index is 0.0705. The van der Waals surface area contributed by atoms with Crippen LogP contribution in [0.3, 0.4) is 0 Å². The number of amides is 1. The largest absolute Gasteiger partial charge is 0.389 e. The van der Waals surface area contributed by atoms with Crippen LogP contribution in [0.1, 0.15) is 19.4 Å². The fourth-order valence-corrected chi connectivity index (χ4v) is 2.40. The molecule has 0 radical (unpaired) electrons. The molecule has 98 valence electrons. The van der Waals surface area contributed by atoms with Crippen molar-refractivity contribution in [1.82, 2.24) is 5.32 Å². The third-order valence-corrected chi connectivity index (χ3v) is 3.01. The number of rotatable bonds is 5. The van der Waals surface area contributed by atoms with Crippen LogP contribution in [0.2, 0.25) is 0 Å². The van der Waals surface area contributed by atoms with E-state index >= 15 is 0 Å². The first-order chi connectivity index (χ1) is 8.41. The minimum Gasteiger partial charge on any atom is -0.389 e. The van der Waals surface area contributed by atoms with Gasteiger partial charge in [0.15, 0.2) is 0 Å². The number of halogens is 1. The first kappa shape index (κ1) is 14.9. The van der Waals surface area contributed by atoms with Crippen LogP contribution in [0.4, 0.5) is 5.69 Å².